The van der Waals surface area contributed by atoms with Crippen molar-refractivity contribution in [3.63, 3.8) is 0 Å². The summed E-state index contributed by atoms with van der Waals surface area (Å²) in [6, 6.07) is 5.02. The number of fused-ring (bicyclic) bond motifs is 1. The predicted octanol–water partition coefficient (Wildman–Crippen LogP) is 2.47. The standard InChI is InChI=1S/C21H31N5O3S2/c27-21(22-11-7-14-25-12-3-1-2-4-13-25)17-8-6-15-26(16-17)31(28,29)19-10-5-9-18-20(19)24-30-23-18/h5,9-10,17H,1-4,6-8,11-16H2,(H,22,27)/t17-/m0/s1. The molecule has 0 saturated carbocycles. The molecular weight excluding hydrogens is 434 g/mol. The van der Waals surface area contributed by atoms with Crippen LogP contribution in [0.25, 0.3) is 11.0 Å². The molecule has 2 saturated heterocycles. The molecule has 2 aliphatic rings. The summed E-state index contributed by atoms with van der Waals surface area (Å²) in [6.45, 7) is 4.61. The number of aromatic nitrogens is 2. The Morgan fingerprint density at radius 3 is 2.71 bits per heavy atom. The Bertz CT molecular complexity index is 986. The maximum Gasteiger partial charge on any atom is 0.245 e. The molecule has 170 valence electrons. The van der Waals surface area contributed by atoms with Crippen molar-refractivity contribution in [1.82, 2.24) is 23.3 Å². The number of likely N-dealkylation sites (tertiary alicyclic amines) is 1. The van der Waals surface area contributed by atoms with Crippen LogP contribution in [0.4, 0.5) is 0 Å². The highest BCUT2D eigenvalue weighted by Crippen LogP contribution is 2.28. The van der Waals surface area contributed by atoms with Gasteiger partial charge in [-0.15, -0.1) is 0 Å². The average molecular weight is 466 g/mol. The first-order valence-corrected chi connectivity index (χ1v) is 13.4. The SMILES string of the molecule is O=C(NCCCN1CCCCCC1)[C@H]1CCCN(S(=O)(=O)c2cccc3nsnc23)C1. The Kier molecular flexibility index (Phi) is 7.52. The number of carbonyl (C=O) groups is 1. The van der Waals surface area contributed by atoms with Crippen LogP contribution in [-0.4, -0.2) is 71.5 Å². The minimum Gasteiger partial charge on any atom is -0.356 e. The molecule has 2 fully saturated rings. The van der Waals surface area contributed by atoms with Gasteiger partial charge in [0.15, 0.2) is 0 Å². The molecule has 2 aromatic rings. The Labute approximate surface area is 188 Å². The summed E-state index contributed by atoms with van der Waals surface area (Å²) in [7, 11) is -3.72. The summed E-state index contributed by atoms with van der Waals surface area (Å²) in [5.41, 5.74) is 0.995. The van der Waals surface area contributed by atoms with Gasteiger partial charge in [0.25, 0.3) is 0 Å². The van der Waals surface area contributed by atoms with Crippen LogP contribution in [0.3, 0.4) is 0 Å². The molecule has 10 heteroatoms. The highest BCUT2D eigenvalue weighted by atomic mass is 32.2. The van der Waals surface area contributed by atoms with E-state index in [4.69, 9.17) is 0 Å². The second-order valence-electron chi connectivity index (χ2n) is 8.49. The highest BCUT2D eigenvalue weighted by Gasteiger charge is 2.34. The van der Waals surface area contributed by atoms with E-state index in [1.165, 1.54) is 30.0 Å². The number of hydrogen-bond donors (Lipinski definition) is 1. The van der Waals surface area contributed by atoms with Gasteiger partial charge in [0.05, 0.1) is 17.6 Å². The number of nitrogens with one attached hydrogen (secondary N) is 1. The highest BCUT2D eigenvalue weighted by molar-refractivity contribution is 7.89. The first kappa shape index (κ1) is 22.6. The van der Waals surface area contributed by atoms with Crippen molar-refractivity contribution in [2.75, 3.05) is 39.3 Å². The van der Waals surface area contributed by atoms with E-state index < -0.39 is 10.0 Å². The second-order valence-corrected chi connectivity index (χ2v) is 10.9. The summed E-state index contributed by atoms with van der Waals surface area (Å²) >= 11 is 1.01. The zero-order valence-corrected chi connectivity index (χ0v) is 19.5. The molecule has 1 atom stereocenters. The van der Waals surface area contributed by atoms with Gasteiger partial charge in [0.1, 0.15) is 15.9 Å². The third-order valence-corrected chi connectivity index (χ3v) is 8.71. The fourth-order valence-electron chi connectivity index (χ4n) is 4.52. The lowest BCUT2D eigenvalue weighted by molar-refractivity contribution is -0.126. The van der Waals surface area contributed by atoms with E-state index in [-0.39, 0.29) is 23.3 Å². The van der Waals surface area contributed by atoms with Gasteiger partial charge in [-0.2, -0.15) is 13.1 Å². The van der Waals surface area contributed by atoms with Gasteiger partial charge in [-0.05, 0) is 63.9 Å². The van der Waals surface area contributed by atoms with Crippen LogP contribution in [0.1, 0.15) is 44.9 Å². The Hall–Kier alpha value is -1.62. The Balaban J connectivity index is 1.31. The predicted molar refractivity (Wildman–Crippen MR) is 121 cm³/mol. The summed E-state index contributed by atoms with van der Waals surface area (Å²) in [6.07, 6.45) is 7.50. The molecule has 0 aliphatic carbocycles. The number of amides is 1. The molecule has 4 rings (SSSR count). The molecule has 31 heavy (non-hydrogen) atoms. The van der Waals surface area contributed by atoms with Crippen molar-refractivity contribution in [1.29, 1.82) is 0 Å². The van der Waals surface area contributed by atoms with Crippen LogP contribution in [-0.2, 0) is 14.8 Å². The first-order chi connectivity index (χ1) is 15.1. The molecule has 1 aromatic carbocycles. The van der Waals surface area contributed by atoms with Crippen LogP contribution >= 0.6 is 11.7 Å². The van der Waals surface area contributed by atoms with Gasteiger partial charge in [0, 0.05) is 19.6 Å². The minimum atomic E-state index is -3.72. The molecule has 0 bridgehead atoms. The number of benzene rings is 1. The third kappa shape index (κ3) is 5.42. The maximum absolute atomic E-state index is 13.3. The molecule has 3 heterocycles. The largest absolute Gasteiger partial charge is 0.356 e. The van der Waals surface area contributed by atoms with Gasteiger partial charge in [-0.1, -0.05) is 18.9 Å². The molecule has 8 nitrogen and oxygen atoms in total. The molecule has 0 radical (unpaired) electrons. The second kappa shape index (κ2) is 10.3. The number of carbonyl (C=O) groups excluding carboxylic acids is 1. The Morgan fingerprint density at radius 1 is 1.10 bits per heavy atom. The number of rotatable bonds is 7. The lowest BCUT2D eigenvalue weighted by Crippen LogP contribution is -2.45. The van der Waals surface area contributed by atoms with Crippen molar-refractivity contribution >= 4 is 38.7 Å². The molecule has 1 N–H and O–H groups in total. The van der Waals surface area contributed by atoms with Crippen LogP contribution in [0.15, 0.2) is 23.1 Å². The summed E-state index contributed by atoms with van der Waals surface area (Å²) < 4.78 is 36.3. The zero-order chi connectivity index (χ0) is 21.7. The number of hydrogen-bond acceptors (Lipinski definition) is 7. The van der Waals surface area contributed by atoms with Gasteiger partial charge < -0.3 is 10.2 Å². The maximum atomic E-state index is 13.3. The Morgan fingerprint density at radius 2 is 1.90 bits per heavy atom. The normalized spacial score (nSPS) is 21.7. The topological polar surface area (TPSA) is 95.5 Å². The van der Waals surface area contributed by atoms with Crippen LogP contribution in [0.2, 0.25) is 0 Å². The van der Waals surface area contributed by atoms with Gasteiger partial charge in [0.2, 0.25) is 15.9 Å². The third-order valence-electron chi connectivity index (χ3n) is 6.27. The van der Waals surface area contributed by atoms with Gasteiger partial charge >= 0.3 is 0 Å². The molecular formula is C21H31N5O3S2. The van der Waals surface area contributed by atoms with E-state index in [1.54, 1.807) is 18.2 Å². The molecule has 1 aromatic heterocycles. The quantitative estimate of drug-likeness (QED) is 0.631. The fraction of sp³-hybridized carbons (Fsp3) is 0.667. The summed E-state index contributed by atoms with van der Waals surface area (Å²) in [5, 5.41) is 3.04. The number of sulfonamides is 1. The van der Waals surface area contributed by atoms with Crippen molar-refractivity contribution in [3.05, 3.63) is 18.2 Å². The van der Waals surface area contributed by atoms with E-state index in [1.807, 2.05) is 0 Å². The van der Waals surface area contributed by atoms with Crippen LogP contribution < -0.4 is 5.32 Å². The van der Waals surface area contributed by atoms with E-state index >= 15 is 0 Å². The van der Waals surface area contributed by atoms with Gasteiger partial charge in [-0.3, -0.25) is 4.79 Å². The molecule has 2 aliphatic heterocycles. The monoisotopic (exact) mass is 465 g/mol. The molecule has 0 unspecified atom stereocenters. The van der Waals surface area contributed by atoms with Crippen LogP contribution in [0.5, 0.6) is 0 Å². The van der Waals surface area contributed by atoms with Gasteiger partial charge in [-0.25, -0.2) is 8.42 Å². The smallest absolute Gasteiger partial charge is 0.245 e. The fourth-order valence-corrected chi connectivity index (χ4v) is 6.80. The van der Waals surface area contributed by atoms with Crippen molar-refractivity contribution < 1.29 is 13.2 Å². The molecule has 0 spiro atoms. The number of nitrogens with zero attached hydrogens (tertiary/aromatic N) is 4. The lowest BCUT2D eigenvalue weighted by Gasteiger charge is -2.31. The van der Waals surface area contributed by atoms with E-state index in [0.717, 1.165) is 37.8 Å². The van der Waals surface area contributed by atoms with Crippen molar-refractivity contribution in [2.24, 2.45) is 5.92 Å². The van der Waals surface area contributed by atoms with E-state index in [2.05, 4.69) is 19.0 Å². The minimum absolute atomic E-state index is 0.0377. The zero-order valence-electron chi connectivity index (χ0n) is 17.8. The average Bonchev–Trinajstić information content (AvgIpc) is 3.12. The first-order valence-electron chi connectivity index (χ1n) is 11.3. The molecule has 1 amide bonds. The van der Waals surface area contributed by atoms with E-state index in [0.29, 0.717) is 37.0 Å². The lowest BCUT2D eigenvalue weighted by atomic mass is 9.99. The van der Waals surface area contributed by atoms with Crippen molar-refractivity contribution in [3.8, 4) is 0 Å². The van der Waals surface area contributed by atoms with E-state index in [9.17, 15) is 13.2 Å². The van der Waals surface area contributed by atoms with Crippen LogP contribution in [0, 0.1) is 5.92 Å². The van der Waals surface area contributed by atoms with Crippen molar-refractivity contribution in [2.45, 2.75) is 49.8 Å². The number of piperidine rings is 1. The summed E-state index contributed by atoms with van der Waals surface area (Å²) in [4.78, 5) is 15.4. The summed E-state index contributed by atoms with van der Waals surface area (Å²) in [5.74, 6) is -0.348.